The van der Waals surface area contributed by atoms with E-state index in [0.29, 0.717) is 42.2 Å². The second kappa shape index (κ2) is 6.98. The number of nitro benzene ring substituents is 1. The van der Waals surface area contributed by atoms with Gasteiger partial charge in [0, 0.05) is 0 Å². The number of hydrogen-bond donors (Lipinski definition) is 1. The lowest BCUT2D eigenvalue weighted by molar-refractivity contribution is -0.385. The van der Waals surface area contributed by atoms with Crippen LogP contribution in [0.25, 0.3) is 0 Å². The van der Waals surface area contributed by atoms with Gasteiger partial charge in [0.15, 0.2) is 11.5 Å². The highest BCUT2D eigenvalue weighted by Crippen LogP contribution is 2.37. The third kappa shape index (κ3) is 4.60. The minimum absolute atomic E-state index is 0.0864. The Hall–Kier alpha value is -1.98. The maximum atomic E-state index is 10.9. The molecule has 0 radical (unpaired) electrons. The Balaban J connectivity index is 3.05. The molecule has 0 atom stereocenters. The molecule has 1 aromatic carbocycles. The first-order chi connectivity index (χ1) is 9.31. The SMILES string of the molecule is CC(C)COc1cc([N+](=O)[O-])cc(OCC(C)C)c1N. The zero-order chi connectivity index (χ0) is 15.3. The maximum absolute atomic E-state index is 10.9. The van der Waals surface area contributed by atoms with Gasteiger partial charge in [0.1, 0.15) is 5.69 Å². The van der Waals surface area contributed by atoms with Crippen molar-refractivity contribution in [2.45, 2.75) is 27.7 Å². The van der Waals surface area contributed by atoms with E-state index in [1.165, 1.54) is 12.1 Å². The van der Waals surface area contributed by atoms with Gasteiger partial charge in [0.2, 0.25) is 0 Å². The van der Waals surface area contributed by atoms with Gasteiger partial charge < -0.3 is 15.2 Å². The van der Waals surface area contributed by atoms with Gasteiger partial charge in [-0.3, -0.25) is 10.1 Å². The molecule has 6 nitrogen and oxygen atoms in total. The highest BCUT2D eigenvalue weighted by molar-refractivity contribution is 5.67. The average Bonchev–Trinajstić information content (AvgIpc) is 2.35. The fraction of sp³-hybridized carbons (Fsp3) is 0.571. The molecule has 6 heteroatoms. The van der Waals surface area contributed by atoms with Crippen molar-refractivity contribution in [3.8, 4) is 11.5 Å². The standard InChI is InChI=1S/C14H22N2O4/c1-9(2)7-19-12-5-11(16(17)18)6-13(14(12)15)20-8-10(3)4/h5-6,9-10H,7-8,15H2,1-4H3. The van der Waals surface area contributed by atoms with E-state index in [0.717, 1.165) is 0 Å². The number of nitrogen functional groups attached to an aromatic ring is 1. The van der Waals surface area contributed by atoms with Crippen molar-refractivity contribution in [2.75, 3.05) is 18.9 Å². The van der Waals surface area contributed by atoms with Gasteiger partial charge in [0.05, 0.1) is 30.3 Å². The average molecular weight is 282 g/mol. The summed E-state index contributed by atoms with van der Waals surface area (Å²) in [4.78, 5) is 10.5. The molecule has 0 aliphatic heterocycles. The number of ether oxygens (including phenoxy) is 2. The number of rotatable bonds is 7. The van der Waals surface area contributed by atoms with Crippen molar-refractivity contribution in [3.63, 3.8) is 0 Å². The van der Waals surface area contributed by atoms with Crippen LogP contribution in [-0.4, -0.2) is 18.1 Å². The van der Waals surface area contributed by atoms with E-state index in [9.17, 15) is 10.1 Å². The van der Waals surface area contributed by atoms with Crippen molar-refractivity contribution in [3.05, 3.63) is 22.2 Å². The molecule has 0 aliphatic carbocycles. The van der Waals surface area contributed by atoms with Crippen LogP contribution in [0.15, 0.2) is 12.1 Å². The summed E-state index contributed by atoms with van der Waals surface area (Å²) in [5.41, 5.74) is 6.17. The number of benzene rings is 1. The molecule has 0 amide bonds. The zero-order valence-electron chi connectivity index (χ0n) is 12.4. The molecule has 0 aromatic heterocycles. The number of nitrogens with zero attached hydrogens (tertiary/aromatic N) is 1. The summed E-state index contributed by atoms with van der Waals surface area (Å²) in [5.74, 6) is 1.20. The molecule has 0 saturated carbocycles. The molecule has 0 saturated heterocycles. The molecule has 112 valence electrons. The molecule has 0 spiro atoms. The number of non-ortho nitro benzene ring substituents is 1. The maximum Gasteiger partial charge on any atom is 0.277 e. The summed E-state index contributed by atoms with van der Waals surface area (Å²) in [7, 11) is 0. The molecule has 1 aromatic rings. The molecular formula is C14H22N2O4. The van der Waals surface area contributed by atoms with E-state index >= 15 is 0 Å². The summed E-state index contributed by atoms with van der Waals surface area (Å²) in [6.07, 6.45) is 0. The molecule has 0 heterocycles. The highest BCUT2D eigenvalue weighted by atomic mass is 16.6. The quantitative estimate of drug-likeness (QED) is 0.471. The summed E-state index contributed by atoms with van der Waals surface area (Å²) < 4.78 is 11.1. The van der Waals surface area contributed by atoms with Gasteiger partial charge in [-0.15, -0.1) is 0 Å². The Morgan fingerprint density at radius 3 is 1.80 bits per heavy atom. The van der Waals surface area contributed by atoms with Crippen molar-refractivity contribution in [1.82, 2.24) is 0 Å². The normalized spacial score (nSPS) is 10.9. The van der Waals surface area contributed by atoms with Gasteiger partial charge >= 0.3 is 0 Å². The van der Waals surface area contributed by atoms with E-state index in [1.54, 1.807) is 0 Å². The lowest BCUT2D eigenvalue weighted by atomic mass is 10.2. The first-order valence-corrected chi connectivity index (χ1v) is 6.64. The van der Waals surface area contributed by atoms with Crippen LogP contribution in [0.2, 0.25) is 0 Å². The van der Waals surface area contributed by atoms with Crippen LogP contribution >= 0.6 is 0 Å². The van der Waals surface area contributed by atoms with Crippen molar-refractivity contribution in [1.29, 1.82) is 0 Å². The van der Waals surface area contributed by atoms with Gasteiger partial charge in [0.25, 0.3) is 5.69 Å². The lowest BCUT2D eigenvalue weighted by Crippen LogP contribution is -2.10. The van der Waals surface area contributed by atoms with E-state index in [4.69, 9.17) is 15.2 Å². The van der Waals surface area contributed by atoms with Crippen LogP contribution < -0.4 is 15.2 Å². The van der Waals surface area contributed by atoms with E-state index in [-0.39, 0.29) is 5.69 Å². The van der Waals surface area contributed by atoms with Gasteiger partial charge in [-0.2, -0.15) is 0 Å². The topological polar surface area (TPSA) is 87.6 Å². The molecule has 0 bridgehead atoms. The van der Waals surface area contributed by atoms with Crippen LogP contribution in [0.3, 0.4) is 0 Å². The minimum Gasteiger partial charge on any atom is -0.491 e. The summed E-state index contributed by atoms with van der Waals surface area (Å²) in [6.45, 7) is 8.84. The van der Waals surface area contributed by atoms with Crippen LogP contribution in [0.1, 0.15) is 27.7 Å². The zero-order valence-corrected chi connectivity index (χ0v) is 12.4. The van der Waals surface area contributed by atoms with Crippen molar-refractivity contribution < 1.29 is 14.4 Å². The van der Waals surface area contributed by atoms with Crippen LogP contribution in [0.4, 0.5) is 11.4 Å². The second-order valence-corrected chi connectivity index (χ2v) is 5.52. The number of hydrogen-bond acceptors (Lipinski definition) is 5. The molecule has 1 rings (SSSR count). The first kappa shape index (κ1) is 16.1. The molecular weight excluding hydrogens is 260 g/mol. The molecule has 0 aliphatic rings. The monoisotopic (exact) mass is 282 g/mol. The van der Waals surface area contributed by atoms with Crippen LogP contribution in [0, 0.1) is 22.0 Å². The Morgan fingerprint density at radius 2 is 1.50 bits per heavy atom. The number of anilines is 1. The lowest BCUT2D eigenvalue weighted by Gasteiger charge is -2.15. The predicted octanol–water partition coefficient (Wildman–Crippen LogP) is 3.25. The Bertz CT molecular complexity index is 439. The molecule has 0 unspecified atom stereocenters. The molecule has 20 heavy (non-hydrogen) atoms. The largest absolute Gasteiger partial charge is 0.491 e. The third-order valence-corrected chi connectivity index (χ3v) is 2.44. The van der Waals surface area contributed by atoms with E-state index in [2.05, 4.69) is 0 Å². The Kier molecular flexibility index (Phi) is 5.61. The fourth-order valence-corrected chi connectivity index (χ4v) is 1.44. The van der Waals surface area contributed by atoms with Gasteiger partial charge in [-0.05, 0) is 11.8 Å². The second-order valence-electron chi connectivity index (χ2n) is 5.52. The van der Waals surface area contributed by atoms with Gasteiger partial charge in [-0.25, -0.2) is 0 Å². The van der Waals surface area contributed by atoms with E-state index < -0.39 is 4.92 Å². The summed E-state index contributed by atoms with van der Waals surface area (Å²) in [5, 5.41) is 10.9. The molecule has 0 fully saturated rings. The fourth-order valence-electron chi connectivity index (χ4n) is 1.44. The predicted molar refractivity (Wildman–Crippen MR) is 78.2 cm³/mol. The highest BCUT2D eigenvalue weighted by Gasteiger charge is 2.17. The van der Waals surface area contributed by atoms with E-state index in [1.807, 2.05) is 27.7 Å². The smallest absolute Gasteiger partial charge is 0.277 e. The summed E-state index contributed by atoms with van der Waals surface area (Å²) >= 11 is 0. The van der Waals surface area contributed by atoms with Crippen molar-refractivity contribution >= 4 is 11.4 Å². The Morgan fingerprint density at radius 1 is 1.10 bits per heavy atom. The van der Waals surface area contributed by atoms with Gasteiger partial charge in [-0.1, -0.05) is 27.7 Å². The first-order valence-electron chi connectivity index (χ1n) is 6.64. The Labute approximate surface area is 119 Å². The molecule has 2 N–H and O–H groups in total. The third-order valence-electron chi connectivity index (χ3n) is 2.44. The number of nitro groups is 1. The van der Waals surface area contributed by atoms with Crippen LogP contribution in [-0.2, 0) is 0 Å². The minimum atomic E-state index is -0.482. The summed E-state index contributed by atoms with van der Waals surface area (Å²) in [6, 6.07) is 2.67. The van der Waals surface area contributed by atoms with Crippen molar-refractivity contribution in [2.24, 2.45) is 11.8 Å². The van der Waals surface area contributed by atoms with Crippen LogP contribution in [0.5, 0.6) is 11.5 Å². The number of nitrogens with two attached hydrogens (primary N) is 1.